The first-order valence-corrected chi connectivity index (χ1v) is 44.4. The number of carbonyl (C=O) groups excluding carboxylic acids is 3. The molecular formula is C108H83F5N24O3. The van der Waals surface area contributed by atoms with Gasteiger partial charge in [0.1, 0.15) is 75.9 Å². The van der Waals surface area contributed by atoms with Crippen LogP contribution in [0.3, 0.4) is 0 Å². The third-order valence-electron chi connectivity index (χ3n) is 23.5. The van der Waals surface area contributed by atoms with E-state index in [1.165, 1.54) is 56.3 Å². The summed E-state index contributed by atoms with van der Waals surface area (Å²) in [4.78, 5) is 91.1. The molecule has 0 radical (unpaired) electrons. The summed E-state index contributed by atoms with van der Waals surface area (Å²) in [6.07, 6.45) is 31.7. The molecule has 0 bridgehead atoms. The summed E-state index contributed by atoms with van der Waals surface area (Å²) in [6, 6.07) is 61.2. The lowest BCUT2D eigenvalue weighted by atomic mass is 9.97. The number of primary amides is 3. The van der Waals surface area contributed by atoms with Gasteiger partial charge in [0.15, 0.2) is 0 Å². The highest BCUT2D eigenvalue weighted by atomic mass is 19.4. The van der Waals surface area contributed by atoms with E-state index in [-0.39, 0.29) is 34.4 Å². The molecule has 22 rings (SSSR count). The van der Waals surface area contributed by atoms with Crippen molar-refractivity contribution in [2.24, 2.45) is 38.3 Å². The van der Waals surface area contributed by atoms with Crippen LogP contribution >= 0.6 is 0 Å². The Labute approximate surface area is 797 Å². The molecule has 0 aliphatic heterocycles. The molecule has 32 heteroatoms. The van der Waals surface area contributed by atoms with Gasteiger partial charge in [-0.3, -0.25) is 38.4 Å². The van der Waals surface area contributed by atoms with Gasteiger partial charge in [-0.1, -0.05) is 91.0 Å². The summed E-state index contributed by atoms with van der Waals surface area (Å²) in [5, 5.41) is 35.9. The van der Waals surface area contributed by atoms with E-state index in [4.69, 9.17) is 17.2 Å². The van der Waals surface area contributed by atoms with Gasteiger partial charge in [-0.2, -0.15) is 39.0 Å². The zero-order valence-corrected chi connectivity index (χ0v) is 75.5. The van der Waals surface area contributed by atoms with Crippen molar-refractivity contribution in [1.82, 2.24) is 94.1 Å². The van der Waals surface area contributed by atoms with E-state index in [1.807, 2.05) is 155 Å². The first kappa shape index (κ1) is 92.3. The molecule has 0 atom stereocenters. The van der Waals surface area contributed by atoms with Crippen LogP contribution in [0.25, 0.3) is 110 Å². The minimum absolute atomic E-state index is 0.169. The molecule has 20 aromatic rings. The third kappa shape index (κ3) is 22.2. The molecule has 3 amide bonds. The Bertz CT molecular complexity index is 7980. The van der Waals surface area contributed by atoms with Crippen LogP contribution in [0.4, 0.5) is 22.0 Å². The number of nitrogens with two attached hydrogens (primary N) is 3. The minimum Gasteiger partial charge on any atom is -0.364 e. The van der Waals surface area contributed by atoms with Crippen LogP contribution in [0.5, 0.6) is 0 Å². The number of benzene rings is 7. The number of nitrogens with zero attached hydrogens (tertiary/aromatic N) is 21. The van der Waals surface area contributed by atoms with Gasteiger partial charge in [-0.25, -0.2) is 63.6 Å². The number of amides is 3. The summed E-state index contributed by atoms with van der Waals surface area (Å²) in [6.45, 7) is 0. The van der Waals surface area contributed by atoms with E-state index in [0.717, 1.165) is 174 Å². The van der Waals surface area contributed by atoms with Crippen LogP contribution in [-0.4, -0.2) is 112 Å². The van der Waals surface area contributed by atoms with Crippen LogP contribution in [-0.2, 0) is 59.4 Å². The summed E-state index contributed by atoms with van der Waals surface area (Å²) >= 11 is 0. The molecular weight excluding hydrogens is 1780 g/mol. The van der Waals surface area contributed by atoms with Gasteiger partial charge in [0, 0.05) is 170 Å². The van der Waals surface area contributed by atoms with E-state index >= 15 is 0 Å². The van der Waals surface area contributed by atoms with Crippen molar-refractivity contribution in [2.75, 3.05) is 0 Å². The van der Waals surface area contributed by atoms with Crippen molar-refractivity contribution in [3.05, 3.63) is 406 Å². The number of carbonyl (C=O) groups is 3. The fraction of sp³-hybridized carbons (Fsp3) is 0.139. The average molecular weight is 1860 g/mol. The summed E-state index contributed by atoms with van der Waals surface area (Å²) in [5.74, 6) is 0.628. The normalized spacial score (nSPS) is 12.1. The summed E-state index contributed by atoms with van der Waals surface area (Å²) < 4.78 is 70.4. The largest absolute Gasteiger partial charge is 0.433 e. The van der Waals surface area contributed by atoms with Gasteiger partial charge in [0.05, 0.1) is 46.2 Å². The van der Waals surface area contributed by atoms with Gasteiger partial charge < -0.3 is 17.2 Å². The first-order valence-electron chi connectivity index (χ1n) is 44.4. The molecule has 2 aliphatic carbocycles. The topological polar surface area (TPSA) is 398 Å². The van der Waals surface area contributed by atoms with Crippen molar-refractivity contribution in [1.29, 1.82) is 10.5 Å². The number of nitriles is 2. The molecule has 13 aromatic heterocycles. The molecule has 6 N–H and O–H groups in total. The predicted molar refractivity (Wildman–Crippen MR) is 519 cm³/mol. The standard InChI is InChI=1S/C22H16FN3O.C22H20N6O.C22H18N6.C21H14F3N5.C21H15FN4O/c23-17-6-4-16(5-7-17)19-12-21(22(24)27)26-20-11-14(3-8-18(19)20)10-15-2-1-9-25-13-15;1-28-12-16(11-26-28)18-8-20(21(23)29)27-19-7-13(2-5-17(18)19)6-14-9-24-22(25-10-14)15-3-4-15;1-28-13-17(12-26-28)20-8-18(9-23)27-21-7-14(2-5-19(20)21)6-15-10-24-22(25-11-15)16-3-4-16;1-29-12-15(11-27-29)18-9-16(10-25)28-19-7-13(2-3-17(18)19)6-14-4-5-26-20(8-14)21(22,23)24;22-16-4-2-15(3-5-16)18-9-20(21(23)27)26-19-8-13(1-6-17(18)19)7-14-10-24-12-25-11-14/h1-9,11-13H,10H2,(H2,24,27);2,5,7-12,15H,3-4,6H2,1H3,(H2,23,29);2,5,7-8,10-13,16H,3-4,6H2,1H3;2-5,7-9,11-12H,6H2,1H3;1-6,8-12H,7H2,(H2,23,27). The second kappa shape index (κ2) is 40.5. The van der Waals surface area contributed by atoms with Crippen molar-refractivity contribution in [3.8, 4) is 67.8 Å². The third-order valence-corrected chi connectivity index (χ3v) is 23.5. The molecule has 140 heavy (non-hydrogen) atoms. The summed E-state index contributed by atoms with van der Waals surface area (Å²) in [7, 11) is 5.55. The number of hydrogen-bond acceptors (Lipinski definition) is 21. The van der Waals surface area contributed by atoms with Crippen LogP contribution in [0.2, 0.25) is 0 Å². The predicted octanol–water partition coefficient (Wildman–Crippen LogP) is 18.9. The summed E-state index contributed by atoms with van der Waals surface area (Å²) in [5.41, 5.74) is 38.6. The smallest absolute Gasteiger partial charge is 0.364 e. The maximum atomic E-state index is 13.3. The van der Waals surface area contributed by atoms with E-state index in [1.54, 1.807) is 113 Å². The molecule has 13 heterocycles. The highest BCUT2D eigenvalue weighted by Gasteiger charge is 2.33. The number of pyridine rings is 7. The van der Waals surface area contributed by atoms with E-state index < -0.39 is 29.6 Å². The molecule has 0 unspecified atom stereocenters. The number of halogens is 5. The Kier molecular flexibility index (Phi) is 26.7. The molecule has 7 aromatic carbocycles. The molecule has 27 nitrogen and oxygen atoms in total. The first-order chi connectivity index (χ1) is 67.8. The van der Waals surface area contributed by atoms with Gasteiger partial charge in [-0.05, 0) is 236 Å². The van der Waals surface area contributed by atoms with Gasteiger partial charge in [0.25, 0.3) is 17.7 Å². The van der Waals surface area contributed by atoms with E-state index in [9.17, 15) is 46.9 Å². The monoisotopic (exact) mass is 1860 g/mol. The molecule has 2 fully saturated rings. The van der Waals surface area contributed by atoms with Crippen LogP contribution in [0.1, 0.15) is 153 Å². The van der Waals surface area contributed by atoms with Crippen molar-refractivity contribution < 1.29 is 36.3 Å². The Morgan fingerprint density at radius 2 is 0.671 bits per heavy atom. The Balaban J connectivity index is 0.000000116. The van der Waals surface area contributed by atoms with E-state index in [0.29, 0.717) is 65.3 Å². The number of rotatable bonds is 20. The maximum Gasteiger partial charge on any atom is 0.433 e. The number of fused-ring (bicyclic) bond motifs is 5. The van der Waals surface area contributed by atoms with Gasteiger partial charge in [0.2, 0.25) is 0 Å². The molecule has 0 spiro atoms. The molecule has 2 saturated carbocycles. The molecule has 688 valence electrons. The number of aryl methyl sites for hydroxylation is 3. The molecule has 2 aliphatic rings. The highest BCUT2D eigenvalue weighted by molar-refractivity contribution is 6.04. The van der Waals surface area contributed by atoms with Gasteiger partial charge in [-0.15, -0.1) is 0 Å². The van der Waals surface area contributed by atoms with Crippen molar-refractivity contribution in [2.45, 2.75) is 75.8 Å². The zero-order valence-electron chi connectivity index (χ0n) is 75.5. The quantitative estimate of drug-likeness (QED) is 0.0597. The van der Waals surface area contributed by atoms with Crippen LogP contribution in [0, 0.1) is 34.3 Å². The second-order valence-corrected chi connectivity index (χ2v) is 34.1. The highest BCUT2D eigenvalue weighted by Crippen LogP contribution is 2.41. The Morgan fingerprint density at radius 3 is 0.993 bits per heavy atom. The number of aromatic nitrogens is 19. The van der Waals surface area contributed by atoms with Crippen molar-refractivity contribution in [3.63, 3.8) is 0 Å². The molecule has 0 saturated heterocycles. The zero-order chi connectivity index (χ0) is 97.2. The minimum atomic E-state index is -4.48. The second-order valence-electron chi connectivity index (χ2n) is 34.1. The average Bonchev–Trinajstić information content (AvgIpc) is 1.71. The SMILES string of the molecule is Cn1cc(-c2cc(C#N)nc3cc(Cc4ccnc(C(F)(F)F)c4)ccc23)cn1.Cn1cc(-c2cc(C#N)nc3cc(Cc4cnc(C5CC5)nc4)ccc23)cn1.Cn1cc(-c2cc(C(N)=O)nc3cc(Cc4cnc(C5CC5)nc4)ccc23)cn1.NC(=O)c1cc(-c2ccc(F)cc2)c2ccc(Cc3cccnc3)cc2n1.NC(=O)c1cc(-c2ccc(F)cc2)c2ccc(Cc3cncnc3)cc2n1. The van der Waals surface area contributed by atoms with E-state index in [2.05, 4.69) is 110 Å². The fourth-order valence-corrected chi connectivity index (χ4v) is 16.4. The maximum absolute atomic E-state index is 13.3. The lowest BCUT2D eigenvalue weighted by molar-refractivity contribution is -0.141. The number of hydrogen-bond donors (Lipinski definition) is 3. The van der Waals surface area contributed by atoms with Crippen LogP contribution in [0.15, 0.2) is 293 Å². The Hall–Kier alpha value is -18.2. The lowest BCUT2D eigenvalue weighted by Gasteiger charge is -2.10. The number of alkyl halides is 3. The van der Waals surface area contributed by atoms with Crippen molar-refractivity contribution >= 4 is 72.2 Å². The fourth-order valence-electron chi connectivity index (χ4n) is 16.4. The van der Waals surface area contributed by atoms with Crippen LogP contribution < -0.4 is 17.2 Å². The lowest BCUT2D eigenvalue weighted by Crippen LogP contribution is -2.13. The van der Waals surface area contributed by atoms with Gasteiger partial charge >= 0.3 is 6.18 Å². The Morgan fingerprint density at radius 1 is 0.350 bits per heavy atom.